The van der Waals surface area contributed by atoms with Crippen LogP contribution in [0.25, 0.3) is 0 Å². The maximum absolute atomic E-state index is 12.7. The molecule has 0 fully saturated rings. The van der Waals surface area contributed by atoms with Crippen LogP contribution in [0.2, 0.25) is 5.02 Å². The number of carbonyl (C=O) groups is 1. The maximum atomic E-state index is 12.7. The summed E-state index contributed by atoms with van der Waals surface area (Å²) in [7, 11) is 0. The second kappa shape index (κ2) is 10.2. The van der Waals surface area contributed by atoms with E-state index in [2.05, 4.69) is 11.4 Å². The molecule has 1 N–H and O–H groups in total. The zero-order chi connectivity index (χ0) is 21.5. The highest BCUT2D eigenvalue weighted by Crippen LogP contribution is 2.24. The topological polar surface area (TPSA) is 47.6 Å². The van der Waals surface area contributed by atoms with Crippen molar-refractivity contribution in [2.45, 2.75) is 33.9 Å². The molecule has 3 aromatic rings. The Morgan fingerprint density at radius 3 is 2.37 bits per heavy atom. The van der Waals surface area contributed by atoms with E-state index in [1.807, 2.05) is 69.3 Å². The van der Waals surface area contributed by atoms with Crippen molar-refractivity contribution in [2.24, 2.45) is 0 Å². The number of nitrogens with one attached hydrogen (secondary N) is 1. The van der Waals surface area contributed by atoms with E-state index in [4.69, 9.17) is 21.1 Å². The van der Waals surface area contributed by atoms with Gasteiger partial charge in [-0.1, -0.05) is 35.9 Å². The van der Waals surface area contributed by atoms with E-state index < -0.39 is 0 Å². The Morgan fingerprint density at radius 2 is 1.67 bits per heavy atom. The van der Waals surface area contributed by atoms with Crippen molar-refractivity contribution < 1.29 is 14.3 Å². The third-order valence-electron chi connectivity index (χ3n) is 4.61. The van der Waals surface area contributed by atoms with Crippen LogP contribution in [0.15, 0.2) is 60.7 Å². The average Bonchev–Trinajstić information content (AvgIpc) is 2.71. The SMILES string of the molecule is CCOc1ccc(C(=O)NCc2ccccc2Cl)cc1COc1cc(C)cc(C)c1. The van der Waals surface area contributed by atoms with Crippen LogP contribution >= 0.6 is 11.6 Å². The molecule has 0 unspecified atom stereocenters. The Bertz CT molecular complexity index is 1010. The fourth-order valence-corrected chi connectivity index (χ4v) is 3.43. The molecule has 0 saturated heterocycles. The fraction of sp³-hybridized carbons (Fsp3) is 0.240. The molecule has 0 aromatic heterocycles. The summed E-state index contributed by atoms with van der Waals surface area (Å²) in [5.41, 5.74) is 4.52. The highest BCUT2D eigenvalue weighted by Gasteiger charge is 2.12. The quantitative estimate of drug-likeness (QED) is 0.493. The average molecular weight is 424 g/mol. The molecule has 3 aromatic carbocycles. The molecular weight excluding hydrogens is 398 g/mol. The van der Waals surface area contributed by atoms with Crippen molar-refractivity contribution in [1.82, 2.24) is 5.32 Å². The van der Waals surface area contributed by atoms with Crippen LogP contribution in [0.3, 0.4) is 0 Å². The van der Waals surface area contributed by atoms with E-state index in [0.717, 1.165) is 28.0 Å². The van der Waals surface area contributed by atoms with E-state index in [1.54, 1.807) is 6.07 Å². The molecule has 0 aliphatic carbocycles. The first-order chi connectivity index (χ1) is 14.5. The second-order valence-corrected chi connectivity index (χ2v) is 7.55. The first-order valence-electron chi connectivity index (χ1n) is 9.94. The largest absolute Gasteiger partial charge is 0.493 e. The van der Waals surface area contributed by atoms with Crippen molar-refractivity contribution in [1.29, 1.82) is 0 Å². The minimum absolute atomic E-state index is 0.175. The molecule has 0 radical (unpaired) electrons. The molecule has 0 bridgehead atoms. The Hall–Kier alpha value is -2.98. The van der Waals surface area contributed by atoms with Gasteiger partial charge in [-0.2, -0.15) is 0 Å². The molecule has 1 amide bonds. The summed E-state index contributed by atoms with van der Waals surface area (Å²) in [5.74, 6) is 1.33. The minimum atomic E-state index is -0.175. The van der Waals surface area contributed by atoms with E-state index in [1.165, 1.54) is 0 Å². The molecular formula is C25H26ClNO3. The lowest BCUT2D eigenvalue weighted by molar-refractivity contribution is 0.0950. The van der Waals surface area contributed by atoms with E-state index in [0.29, 0.717) is 36.1 Å². The van der Waals surface area contributed by atoms with Crippen LogP contribution in [-0.4, -0.2) is 12.5 Å². The number of aryl methyl sites for hydroxylation is 2. The summed E-state index contributed by atoms with van der Waals surface area (Å²) in [6, 6.07) is 18.9. The predicted octanol–water partition coefficient (Wildman–Crippen LogP) is 5.86. The van der Waals surface area contributed by atoms with Crippen LogP contribution in [-0.2, 0) is 13.2 Å². The number of carbonyl (C=O) groups excluding carboxylic acids is 1. The van der Waals surface area contributed by atoms with E-state index >= 15 is 0 Å². The van der Waals surface area contributed by atoms with Gasteiger partial charge in [0.15, 0.2) is 0 Å². The number of amides is 1. The number of rotatable bonds is 8. The lowest BCUT2D eigenvalue weighted by Gasteiger charge is -2.14. The number of hydrogen-bond acceptors (Lipinski definition) is 3. The first-order valence-corrected chi connectivity index (χ1v) is 10.3. The van der Waals surface area contributed by atoms with Crippen LogP contribution < -0.4 is 14.8 Å². The Labute approximate surface area is 182 Å². The van der Waals surface area contributed by atoms with Crippen LogP contribution in [0, 0.1) is 13.8 Å². The van der Waals surface area contributed by atoms with Gasteiger partial charge in [0.1, 0.15) is 18.1 Å². The fourth-order valence-electron chi connectivity index (χ4n) is 3.23. The number of hydrogen-bond donors (Lipinski definition) is 1. The van der Waals surface area contributed by atoms with Crippen LogP contribution in [0.1, 0.15) is 39.5 Å². The summed E-state index contributed by atoms with van der Waals surface area (Å²) >= 11 is 6.17. The summed E-state index contributed by atoms with van der Waals surface area (Å²) < 4.78 is 11.7. The minimum Gasteiger partial charge on any atom is -0.493 e. The molecule has 0 aliphatic heterocycles. The lowest BCUT2D eigenvalue weighted by Crippen LogP contribution is -2.23. The maximum Gasteiger partial charge on any atom is 0.251 e. The Kier molecular flexibility index (Phi) is 7.36. The molecule has 3 rings (SSSR count). The monoisotopic (exact) mass is 423 g/mol. The third kappa shape index (κ3) is 5.77. The zero-order valence-corrected chi connectivity index (χ0v) is 18.3. The van der Waals surface area contributed by atoms with Crippen LogP contribution in [0.4, 0.5) is 0 Å². The standard InChI is InChI=1S/C25H26ClNO3/c1-4-29-24-10-9-19(25(28)27-15-20-7-5-6-8-23(20)26)14-21(24)16-30-22-12-17(2)11-18(3)13-22/h5-14H,4,15-16H2,1-3H3,(H,27,28). The molecule has 30 heavy (non-hydrogen) atoms. The molecule has 4 nitrogen and oxygen atoms in total. The van der Waals surface area contributed by atoms with Gasteiger partial charge in [-0.25, -0.2) is 0 Å². The van der Waals surface area contributed by atoms with Crippen molar-refractivity contribution in [3.05, 3.63) is 93.5 Å². The molecule has 0 spiro atoms. The summed E-state index contributed by atoms with van der Waals surface area (Å²) in [5, 5.41) is 3.55. The lowest BCUT2D eigenvalue weighted by atomic mass is 10.1. The van der Waals surface area contributed by atoms with Gasteiger partial charge in [-0.05, 0) is 73.9 Å². The normalized spacial score (nSPS) is 10.5. The van der Waals surface area contributed by atoms with E-state index in [9.17, 15) is 4.79 Å². The number of halogens is 1. The number of benzene rings is 3. The molecule has 0 atom stereocenters. The highest BCUT2D eigenvalue weighted by molar-refractivity contribution is 6.31. The van der Waals surface area contributed by atoms with Gasteiger partial charge in [0.2, 0.25) is 0 Å². The Morgan fingerprint density at radius 1 is 0.933 bits per heavy atom. The molecule has 156 valence electrons. The van der Waals surface area contributed by atoms with Gasteiger partial charge in [0.05, 0.1) is 6.61 Å². The number of ether oxygens (including phenoxy) is 2. The molecule has 0 saturated carbocycles. The van der Waals surface area contributed by atoms with Gasteiger partial charge >= 0.3 is 0 Å². The zero-order valence-electron chi connectivity index (χ0n) is 17.5. The predicted molar refractivity (Wildman–Crippen MR) is 120 cm³/mol. The van der Waals surface area contributed by atoms with Gasteiger partial charge < -0.3 is 14.8 Å². The molecule has 0 heterocycles. The molecule has 5 heteroatoms. The third-order valence-corrected chi connectivity index (χ3v) is 4.98. The van der Waals surface area contributed by atoms with Crippen molar-refractivity contribution in [2.75, 3.05) is 6.61 Å². The van der Waals surface area contributed by atoms with Gasteiger partial charge in [-0.15, -0.1) is 0 Å². The van der Waals surface area contributed by atoms with Gasteiger partial charge in [0, 0.05) is 22.7 Å². The van der Waals surface area contributed by atoms with Gasteiger partial charge in [0.25, 0.3) is 5.91 Å². The van der Waals surface area contributed by atoms with Crippen molar-refractivity contribution in [3.8, 4) is 11.5 Å². The van der Waals surface area contributed by atoms with Crippen molar-refractivity contribution in [3.63, 3.8) is 0 Å². The van der Waals surface area contributed by atoms with Crippen molar-refractivity contribution >= 4 is 17.5 Å². The molecule has 0 aliphatic rings. The Balaban J connectivity index is 1.74. The van der Waals surface area contributed by atoms with Crippen LogP contribution in [0.5, 0.6) is 11.5 Å². The summed E-state index contributed by atoms with van der Waals surface area (Å²) in [6.07, 6.45) is 0. The second-order valence-electron chi connectivity index (χ2n) is 7.14. The summed E-state index contributed by atoms with van der Waals surface area (Å²) in [6.45, 7) is 7.21. The smallest absolute Gasteiger partial charge is 0.251 e. The van der Waals surface area contributed by atoms with E-state index in [-0.39, 0.29) is 5.91 Å². The van der Waals surface area contributed by atoms with Gasteiger partial charge in [-0.3, -0.25) is 4.79 Å². The first kappa shape index (κ1) is 21.7. The summed E-state index contributed by atoms with van der Waals surface area (Å²) in [4.78, 5) is 12.7. The highest BCUT2D eigenvalue weighted by atomic mass is 35.5.